The zero-order valence-corrected chi connectivity index (χ0v) is 22.4. The van der Waals surface area contributed by atoms with E-state index in [1.165, 1.54) is 28.8 Å². The van der Waals surface area contributed by atoms with Crippen LogP contribution in [0.25, 0.3) is 22.3 Å². The Bertz CT molecular complexity index is 1950. The van der Waals surface area contributed by atoms with Gasteiger partial charge in [0.25, 0.3) is 5.56 Å². The number of rotatable bonds is 3. The molecule has 3 aliphatic rings. The predicted molar refractivity (Wildman–Crippen MR) is 146 cm³/mol. The number of aromatic hydroxyl groups is 1. The molecule has 0 saturated carbocycles. The molecule has 2 aromatic carbocycles. The molecule has 0 unspecified atom stereocenters. The summed E-state index contributed by atoms with van der Waals surface area (Å²) in [7, 11) is 0. The van der Waals surface area contributed by atoms with Crippen LogP contribution in [0.4, 0.5) is 4.39 Å². The van der Waals surface area contributed by atoms with E-state index in [9.17, 15) is 24.6 Å². The van der Waals surface area contributed by atoms with Crippen LogP contribution in [-0.2, 0) is 34.7 Å². The van der Waals surface area contributed by atoms with Gasteiger partial charge in [0.2, 0.25) is 5.91 Å². The fraction of sp³-hybridized carbons (Fsp3) is 0.290. The number of nitrogens with two attached hydrogens (primary N) is 1. The normalized spacial score (nSPS) is 20.4. The van der Waals surface area contributed by atoms with E-state index in [4.69, 9.17) is 15.5 Å². The average Bonchev–Trinajstić information content (AvgIpc) is 3.32. The van der Waals surface area contributed by atoms with Crippen molar-refractivity contribution in [1.82, 2.24) is 9.55 Å². The van der Waals surface area contributed by atoms with Crippen molar-refractivity contribution in [3.8, 4) is 17.1 Å². The summed E-state index contributed by atoms with van der Waals surface area (Å²) in [6.07, 6.45) is 1.02. The van der Waals surface area contributed by atoms with E-state index in [0.29, 0.717) is 40.9 Å². The lowest BCUT2D eigenvalue weighted by molar-refractivity contribution is -0.172. The second-order valence-electron chi connectivity index (χ2n) is 11.0. The van der Waals surface area contributed by atoms with Crippen LogP contribution in [0.3, 0.4) is 0 Å². The lowest BCUT2D eigenvalue weighted by atomic mass is 9.74. The Hall–Kier alpha value is -4.57. The summed E-state index contributed by atoms with van der Waals surface area (Å²) in [6, 6.07) is 7.42. The van der Waals surface area contributed by atoms with Gasteiger partial charge in [0, 0.05) is 34.1 Å². The Balaban J connectivity index is 1.57. The summed E-state index contributed by atoms with van der Waals surface area (Å²) >= 11 is 0. The molecular formula is C31H26FN3O6. The third-order valence-electron chi connectivity index (χ3n) is 9.05. The highest BCUT2D eigenvalue weighted by Gasteiger charge is 2.46. The molecule has 7 rings (SSSR count). The number of esters is 1. The minimum absolute atomic E-state index is 0.00823. The Labute approximate surface area is 233 Å². The molecular weight excluding hydrogens is 529 g/mol. The van der Waals surface area contributed by atoms with Crippen LogP contribution in [0.1, 0.15) is 75.0 Å². The number of primary amides is 1. The number of benzene rings is 2. The molecule has 0 spiro atoms. The molecule has 2 aliphatic heterocycles. The first kappa shape index (κ1) is 25.4. The number of aliphatic hydroxyl groups is 1. The maximum atomic E-state index is 15.1. The molecule has 4 heterocycles. The highest BCUT2D eigenvalue weighted by molar-refractivity contribution is 5.97. The Morgan fingerprint density at radius 1 is 1.22 bits per heavy atom. The number of fused-ring (bicyclic) bond motifs is 5. The fourth-order valence-corrected chi connectivity index (χ4v) is 6.93. The summed E-state index contributed by atoms with van der Waals surface area (Å²) in [5, 5.41) is 22.4. The molecule has 0 radical (unpaired) electrons. The van der Waals surface area contributed by atoms with E-state index >= 15 is 4.39 Å². The van der Waals surface area contributed by atoms with Crippen molar-refractivity contribution in [1.29, 1.82) is 0 Å². The minimum Gasteiger partial charge on any atom is -0.508 e. The number of phenolic OH excluding ortho intramolecular Hbond substituents is 1. The topological polar surface area (TPSA) is 145 Å². The second kappa shape index (κ2) is 8.47. The molecule has 0 bridgehead atoms. The van der Waals surface area contributed by atoms with Crippen molar-refractivity contribution in [2.75, 3.05) is 0 Å². The Morgan fingerprint density at radius 3 is 2.73 bits per heavy atom. The zero-order valence-electron chi connectivity index (χ0n) is 22.4. The van der Waals surface area contributed by atoms with Crippen molar-refractivity contribution >= 4 is 22.8 Å². The van der Waals surface area contributed by atoms with Gasteiger partial charge in [-0.3, -0.25) is 9.59 Å². The molecule has 41 heavy (non-hydrogen) atoms. The van der Waals surface area contributed by atoms with Crippen LogP contribution >= 0.6 is 0 Å². The number of cyclic esters (lactones) is 1. The predicted octanol–water partition coefficient (Wildman–Crippen LogP) is 3.41. The van der Waals surface area contributed by atoms with E-state index in [-0.39, 0.29) is 42.0 Å². The van der Waals surface area contributed by atoms with Gasteiger partial charge in [0.1, 0.15) is 18.2 Å². The van der Waals surface area contributed by atoms with Crippen LogP contribution in [0.15, 0.2) is 35.1 Å². The largest absolute Gasteiger partial charge is 0.508 e. The van der Waals surface area contributed by atoms with E-state index in [2.05, 4.69) is 0 Å². The number of carbonyl (C=O) groups excluding carboxylic acids is 2. The number of hydrogen-bond acceptors (Lipinski definition) is 7. The lowest BCUT2D eigenvalue weighted by Gasteiger charge is -2.31. The lowest BCUT2D eigenvalue weighted by Crippen LogP contribution is -2.44. The molecule has 10 heteroatoms. The summed E-state index contributed by atoms with van der Waals surface area (Å²) in [4.78, 5) is 43.7. The molecule has 0 saturated heterocycles. The number of amides is 1. The van der Waals surface area contributed by atoms with Gasteiger partial charge >= 0.3 is 5.97 Å². The van der Waals surface area contributed by atoms with Crippen LogP contribution in [0.2, 0.25) is 0 Å². The number of phenols is 1. The van der Waals surface area contributed by atoms with E-state index in [1.807, 2.05) is 0 Å². The van der Waals surface area contributed by atoms with Crippen LogP contribution in [-0.4, -0.2) is 31.6 Å². The number of aromatic nitrogens is 2. The maximum absolute atomic E-state index is 15.1. The van der Waals surface area contributed by atoms with Crippen molar-refractivity contribution in [3.63, 3.8) is 0 Å². The van der Waals surface area contributed by atoms with E-state index in [1.54, 1.807) is 19.9 Å². The third kappa shape index (κ3) is 3.31. The number of aryl methyl sites for hydroxylation is 1. The van der Waals surface area contributed by atoms with Gasteiger partial charge in [-0.2, -0.15) is 0 Å². The Kier molecular flexibility index (Phi) is 5.25. The van der Waals surface area contributed by atoms with Gasteiger partial charge in [-0.25, -0.2) is 14.2 Å². The van der Waals surface area contributed by atoms with Crippen molar-refractivity contribution in [2.24, 2.45) is 5.73 Å². The SMILES string of the molecule is CC[C@@]1(O)C(=O)OCc2c1cc1n(c2=O)Cc2c-1nc1cc(F)c(C)c3c1c2[C@H](c1cc(O)ccc1C(N)=O)CC3. The van der Waals surface area contributed by atoms with Crippen molar-refractivity contribution in [3.05, 3.63) is 91.0 Å². The van der Waals surface area contributed by atoms with Crippen LogP contribution in [0, 0.1) is 12.7 Å². The zero-order chi connectivity index (χ0) is 29.0. The summed E-state index contributed by atoms with van der Waals surface area (Å²) in [5.74, 6) is -2.29. The first-order chi connectivity index (χ1) is 19.5. The number of ether oxygens (including phenoxy) is 1. The van der Waals surface area contributed by atoms with Crippen molar-refractivity contribution in [2.45, 2.75) is 57.8 Å². The number of halogens is 1. The summed E-state index contributed by atoms with van der Waals surface area (Å²) in [5.41, 5.74) is 8.62. The molecule has 4 N–H and O–H groups in total. The number of nitrogens with zero attached hydrogens (tertiary/aromatic N) is 2. The average molecular weight is 556 g/mol. The quantitative estimate of drug-likeness (QED) is 0.289. The highest BCUT2D eigenvalue weighted by Crippen LogP contribution is 2.49. The monoisotopic (exact) mass is 555 g/mol. The molecule has 1 aliphatic carbocycles. The van der Waals surface area contributed by atoms with Gasteiger partial charge in [0.05, 0.1) is 29.0 Å². The van der Waals surface area contributed by atoms with Gasteiger partial charge in [0.15, 0.2) is 5.60 Å². The molecule has 9 nitrogen and oxygen atoms in total. The standard InChI is InChI=1S/C31H26FN3O6/c1-3-31(40)21-9-24-27-19(11-35(24)29(38)20(21)12-41-30(31)39)25-16(18-8-14(36)4-5-17(18)28(33)37)7-6-15-13(2)22(32)10-23(34-27)26(15)25/h4-5,8-10,16,36,40H,3,6-7,11-12H2,1-2H3,(H2,33,37)/t16-,31-/m0/s1. The first-order valence-electron chi connectivity index (χ1n) is 13.5. The van der Waals surface area contributed by atoms with Gasteiger partial charge in [-0.15, -0.1) is 0 Å². The highest BCUT2D eigenvalue weighted by atomic mass is 19.1. The van der Waals surface area contributed by atoms with Crippen LogP contribution < -0.4 is 11.3 Å². The van der Waals surface area contributed by atoms with Gasteiger partial charge in [-0.05, 0) is 72.7 Å². The molecule has 4 aromatic rings. The number of hydrogen-bond donors (Lipinski definition) is 3. The van der Waals surface area contributed by atoms with E-state index < -0.39 is 34.8 Å². The maximum Gasteiger partial charge on any atom is 0.343 e. The van der Waals surface area contributed by atoms with Gasteiger partial charge in [-0.1, -0.05) is 6.92 Å². The van der Waals surface area contributed by atoms with Crippen molar-refractivity contribution < 1.29 is 28.9 Å². The molecule has 1 amide bonds. The number of carbonyl (C=O) groups is 2. The van der Waals surface area contributed by atoms with Gasteiger partial charge < -0.3 is 25.3 Å². The molecule has 2 atom stereocenters. The first-order valence-corrected chi connectivity index (χ1v) is 13.5. The second-order valence-corrected chi connectivity index (χ2v) is 11.0. The number of pyridine rings is 2. The third-order valence-corrected chi connectivity index (χ3v) is 9.05. The summed E-state index contributed by atoms with van der Waals surface area (Å²) < 4.78 is 21.9. The van der Waals surface area contributed by atoms with Crippen LogP contribution in [0.5, 0.6) is 5.75 Å². The van der Waals surface area contributed by atoms with E-state index in [0.717, 1.165) is 22.1 Å². The molecule has 208 valence electrons. The molecule has 2 aromatic heterocycles. The smallest absolute Gasteiger partial charge is 0.343 e. The molecule has 0 fully saturated rings. The Morgan fingerprint density at radius 2 is 2.00 bits per heavy atom. The minimum atomic E-state index is -1.98. The fourth-order valence-electron chi connectivity index (χ4n) is 6.93. The summed E-state index contributed by atoms with van der Waals surface area (Å²) in [6.45, 7) is 3.25.